The van der Waals surface area contributed by atoms with Crippen LogP contribution in [0.15, 0.2) is 0 Å². The molecule has 0 spiro atoms. The number of rotatable bonds is 4. The Morgan fingerprint density at radius 1 is 1.28 bits per heavy atom. The highest BCUT2D eigenvalue weighted by molar-refractivity contribution is 5.67. The third-order valence-corrected chi connectivity index (χ3v) is 3.18. The van der Waals surface area contributed by atoms with Crippen molar-refractivity contribution in [1.82, 2.24) is 5.32 Å². The minimum atomic E-state index is -4.50. The Balaban J connectivity index is 2.24. The second kappa shape index (κ2) is 6.82. The van der Waals surface area contributed by atoms with Crippen molar-refractivity contribution < 1.29 is 27.8 Å². The molecule has 0 heterocycles. The van der Waals surface area contributed by atoms with Gasteiger partial charge in [-0.3, -0.25) is 0 Å². The monoisotopic (exact) mass is 269 g/mol. The SMILES string of the molecule is O=C(NCC1CCCCC1CO)OCC(F)(F)F. The zero-order chi connectivity index (χ0) is 13.6. The maximum atomic E-state index is 11.8. The summed E-state index contributed by atoms with van der Waals surface area (Å²) in [4.78, 5) is 11.0. The topological polar surface area (TPSA) is 58.6 Å². The molecule has 106 valence electrons. The quantitative estimate of drug-likeness (QED) is 0.821. The number of ether oxygens (including phenoxy) is 1. The summed E-state index contributed by atoms with van der Waals surface area (Å²) in [5, 5.41) is 11.5. The van der Waals surface area contributed by atoms with Crippen LogP contribution in [0.2, 0.25) is 0 Å². The van der Waals surface area contributed by atoms with Crippen LogP contribution >= 0.6 is 0 Å². The normalized spacial score (nSPS) is 24.7. The highest BCUT2D eigenvalue weighted by Gasteiger charge is 2.30. The van der Waals surface area contributed by atoms with E-state index in [0.29, 0.717) is 0 Å². The molecule has 1 aliphatic rings. The van der Waals surface area contributed by atoms with E-state index in [1.165, 1.54) is 0 Å². The van der Waals surface area contributed by atoms with Crippen molar-refractivity contribution in [2.45, 2.75) is 31.9 Å². The third-order valence-electron chi connectivity index (χ3n) is 3.18. The van der Waals surface area contributed by atoms with Crippen molar-refractivity contribution in [1.29, 1.82) is 0 Å². The molecular weight excluding hydrogens is 251 g/mol. The summed E-state index contributed by atoms with van der Waals surface area (Å²) < 4.78 is 39.4. The first kappa shape index (κ1) is 15.1. The van der Waals surface area contributed by atoms with Crippen molar-refractivity contribution in [2.75, 3.05) is 19.8 Å². The van der Waals surface area contributed by atoms with Crippen LogP contribution in [0, 0.1) is 11.8 Å². The number of alkyl halides is 3. The summed E-state index contributed by atoms with van der Waals surface area (Å²) in [6.45, 7) is -1.28. The first-order valence-electron chi connectivity index (χ1n) is 6.00. The Hall–Kier alpha value is -0.980. The van der Waals surface area contributed by atoms with Crippen LogP contribution in [-0.4, -0.2) is 37.1 Å². The molecule has 0 aromatic heterocycles. The number of hydrogen-bond donors (Lipinski definition) is 2. The van der Waals surface area contributed by atoms with Crippen LogP contribution in [0.4, 0.5) is 18.0 Å². The predicted octanol–water partition coefficient (Wildman–Crippen LogP) is 2.07. The van der Waals surface area contributed by atoms with E-state index in [1.54, 1.807) is 0 Å². The number of aliphatic hydroxyl groups excluding tert-OH is 1. The lowest BCUT2D eigenvalue weighted by molar-refractivity contribution is -0.160. The van der Waals surface area contributed by atoms with Crippen LogP contribution in [0.25, 0.3) is 0 Å². The number of carbonyl (C=O) groups is 1. The van der Waals surface area contributed by atoms with E-state index in [9.17, 15) is 18.0 Å². The Morgan fingerprint density at radius 2 is 1.89 bits per heavy atom. The summed E-state index contributed by atoms with van der Waals surface area (Å²) >= 11 is 0. The van der Waals surface area contributed by atoms with Crippen molar-refractivity contribution in [3.63, 3.8) is 0 Å². The summed E-state index contributed by atoms with van der Waals surface area (Å²) in [5.74, 6) is 0.226. The molecule has 1 saturated carbocycles. The number of amides is 1. The van der Waals surface area contributed by atoms with Gasteiger partial charge in [0.1, 0.15) is 0 Å². The molecule has 0 bridgehead atoms. The zero-order valence-electron chi connectivity index (χ0n) is 10.0. The number of carbonyl (C=O) groups excluding carboxylic acids is 1. The van der Waals surface area contributed by atoms with E-state index in [-0.39, 0.29) is 25.0 Å². The van der Waals surface area contributed by atoms with E-state index >= 15 is 0 Å². The highest BCUT2D eigenvalue weighted by atomic mass is 19.4. The number of halogens is 3. The lowest BCUT2D eigenvalue weighted by Crippen LogP contribution is -2.36. The average molecular weight is 269 g/mol. The lowest BCUT2D eigenvalue weighted by atomic mass is 9.80. The van der Waals surface area contributed by atoms with Gasteiger partial charge in [0, 0.05) is 13.2 Å². The van der Waals surface area contributed by atoms with Gasteiger partial charge in [-0.25, -0.2) is 4.79 Å². The van der Waals surface area contributed by atoms with Crippen LogP contribution in [0.5, 0.6) is 0 Å². The molecule has 0 aliphatic heterocycles. The number of aliphatic hydroxyl groups is 1. The molecule has 1 rings (SSSR count). The fraction of sp³-hybridized carbons (Fsp3) is 0.909. The van der Waals surface area contributed by atoms with Crippen LogP contribution in [0.3, 0.4) is 0 Å². The summed E-state index contributed by atoms with van der Waals surface area (Å²) in [5.41, 5.74) is 0. The van der Waals surface area contributed by atoms with Gasteiger partial charge in [0.2, 0.25) is 0 Å². The molecule has 2 N–H and O–H groups in total. The molecule has 1 amide bonds. The fourth-order valence-corrected chi connectivity index (χ4v) is 2.21. The van der Waals surface area contributed by atoms with Crippen molar-refractivity contribution in [3.8, 4) is 0 Å². The summed E-state index contributed by atoms with van der Waals surface area (Å²) in [6.07, 6.45) is -1.75. The molecule has 0 saturated heterocycles. The lowest BCUT2D eigenvalue weighted by Gasteiger charge is -2.30. The molecule has 0 aromatic rings. The Morgan fingerprint density at radius 3 is 2.44 bits per heavy atom. The molecule has 18 heavy (non-hydrogen) atoms. The minimum Gasteiger partial charge on any atom is -0.440 e. The van der Waals surface area contributed by atoms with Crippen molar-refractivity contribution in [3.05, 3.63) is 0 Å². The van der Waals surface area contributed by atoms with Gasteiger partial charge >= 0.3 is 12.3 Å². The fourth-order valence-electron chi connectivity index (χ4n) is 2.21. The van der Waals surface area contributed by atoms with Crippen LogP contribution in [-0.2, 0) is 4.74 Å². The molecule has 1 aliphatic carbocycles. The zero-order valence-corrected chi connectivity index (χ0v) is 10.0. The molecule has 2 atom stereocenters. The van der Waals surface area contributed by atoms with Crippen molar-refractivity contribution >= 4 is 6.09 Å². The standard InChI is InChI=1S/C11H18F3NO3/c12-11(13,14)7-18-10(17)15-5-8-3-1-2-4-9(8)6-16/h8-9,16H,1-7H2,(H,15,17). The summed E-state index contributed by atoms with van der Waals surface area (Å²) in [7, 11) is 0. The number of hydrogen-bond acceptors (Lipinski definition) is 3. The smallest absolute Gasteiger partial charge is 0.422 e. The minimum absolute atomic E-state index is 0.0456. The molecule has 2 unspecified atom stereocenters. The van der Waals surface area contributed by atoms with Crippen molar-refractivity contribution in [2.24, 2.45) is 11.8 Å². The van der Waals surface area contributed by atoms with Gasteiger partial charge in [0.25, 0.3) is 0 Å². The van der Waals surface area contributed by atoms with Gasteiger partial charge in [0.05, 0.1) is 0 Å². The second-order valence-corrected chi connectivity index (χ2v) is 4.56. The van der Waals surface area contributed by atoms with E-state index < -0.39 is 18.9 Å². The highest BCUT2D eigenvalue weighted by Crippen LogP contribution is 2.29. The molecule has 0 aromatic carbocycles. The van der Waals surface area contributed by atoms with E-state index in [2.05, 4.69) is 10.1 Å². The average Bonchev–Trinajstić information content (AvgIpc) is 2.33. The van der Waals surface area contributed by atoms with Gasteiger partial charge in [0.15, 0.2) is 6.61 Å². The Bertz CT molecular complexity index is 271. The maximum Gasteiger partial charge on any atom is 0.422 e. The first-order valence-corrected chi connectivity index (χ1v) is 6.00. The molecular formula is C11H18F3NO3. The van der Waals surface area contributed by atoms with Gasteiger partial charge in [-0.1, -0.05) is 12.8 Å². The molecule has 1 fully saturated rings. The van der Waals surface area contributed by atoms with Gasteiger partial charge in [-0.15, -0.1) is 0 Å². The molecule has 7 heteroatoms. The van der Waals surface area contributed by atoms with E-state index in [4.69, 9.17) is 5.11 Å². The van der Waals surface area contributed by atoms with Gasteiger partial charge < -0.3 is 15.2 Å². The maximum absolute atomic E-state index is 11.8. The van der Waals surface area contributed by atoms with Gasteiger partial charge in [-0.05, 0) is 24.7 Å². The molecule has 0 radical (unpaired) electrons. The van der Waals surface area contributed by atoms with Crippen LogP contribution < -0.4 is 5.32 Å². The van der Waals surface area contributed by atoms with E-state index in [1.807, 2.05) is 0 Å². The predicted molar refractivity (Wildman–Crippen MR) is 57.9 cm³/mol. The third kappa shape index (κ3) is 5.57. The Kier molecular flexibility index (Phi) is 5.71. The second-order valence-electron chi connectivity index (χ2n) is 4.56. The number of nitrogens with one attached hydrogen (secondary N) is 1. The summed E-state index contributed by atoms with van der Waals surface area (Å²) in [6, 6.07) is 0. The number of alkyl carbamates (subject to hydrolysis) is 1. The largest absolute Gasteiger partial charge is 0.440 e. The molecule has 4 nitrogen and oxygen atoms in total. The van der Waals surface area contributed by atoms with E-state index in [0.717, 1.165) is 25.7 Å². The van der Waals surface area contributed by atoms with Gasteiger partial charge in [-0.2, -0.15) is 13.2 Å². The first-order chi connectivity index (χ1) is 8.42. The van der Waals surface area contributed by atoms with Crippen LogP contribution in [0.1, 0.15) is 25.7 Å². The Labute approximate surface area is 103 Å².